The van der Waals surface area contributed by atoms with Gasteiger partial charge in [0.2, 0.25) is 0 Å². The third-order valence-corrected chi connectivity index (χ3v) is 3.48. The summed E-state index contributed by atoms with van der Waals surface area (Å²) in [4.78, 5) is 0. The minimum atomic E-state index is -0.00370. The number of nitrogens with two attached hydrogens (primary N) is 1. The standard InChI is InChI=1S/C14H18BrN3/c1-9-4-11(7-12(15)5-9)14(16)8-13-6-10(2)17-18(13)3/h4-7,14H,8,16H2,1-3H3. The van der Waals surface area contributed by atoms with Crippen LogP contribution in [-0.2, 0) is 13.5 Å². The molecular weight excluding hydrogens is 290 g/mol. The monoisotopic (exact) mass is 307 g/mol. The molecule has 0 aliphatic heterocycles. The molecule has 0 saturated heterocycles. The summed E-state index contributed by atoms with van der Waals surface area (Å²) < 4.78 is 2.98. The number of rotatable bonds is 3. The van der Waals surface area contributed by atoms with Crippen molar-refractivity contribution in [2.45, 2.75) is 26.3 Å². The van der Waals surface area contributed by atoms with Gasteiger partial charge < -0.3 is 5.73 Å². The number of aromatic nitrogens is 2. The van der Waals surface area contributed by atoms with Crippen LogP contribution in [0.4, 0.5) is 0 Å². The molecule has 1 aromatic carbocycles. The molecule has 0 saturated carbocycles. The van der Waals surface area contributed by atoms with Gasteiger partial charge >= 0.3 is 0 Å². The summed E-state index contributed by atoms with van der Waals surface area (Å²) in [5.41, 5.74) is 10.8. The molecule has 0 aliphatic carbocycles. The van der Waals surface area contributed by atoms with Gasteiger partial charge in [0.25, 0.3) is 0 Å². The number of hydrogen-bond acceptors (Lipinski definition) is 2. The summed E-state index contributed by atoms with van der Waals surface area (Å²) in [5, 5.41) is 4.34. The van der Waals surface area contributed by atoms with Crippen LogP contribution in [0.15, 0.2) is 28.7 Å². The summed E-state index contributed by atoms with van der Waals surface area (Å²) in [6.07, 6.45) is 0.799. The molecule has 0 aliphatic rings. The molecule has 3 nitrogen and oxygen atoms in total. The quantitative estimate of drug-likeness (QED) is 0.947. The first kappa shape index (κ1) is 13.3. The van der Waals surface area contributed by atoms with E-state index in [2.05, 4.69) is 52.2 Å². The fourth-order valence-corrected chi connectivity index (χ4v) is 2.80. The van der Waals surface area contributed by atoms with Gasteiger partial charge in [0, 0.05) is 29.7 Å². The van der Waals surface area contributed by atoms with E-state index in [0.29, 0.717) is 0 Å². The molecule has 4 heteroatoms. The molecule has 0 amide bonds. The Labute approximate surface area is 116 Å². The lowest BCUT2D eigenvalue weighted by Gasteiger charge is -2.13. The third-order valence-electron chi connectivity index (χ3n) is 3.02. The molecule has 2 aromatic rings. The zero-order valence-electron chi connectivity index (χ0n) is 10.9. The molecule has 2 N–H and O–H groups in total. The van der Waals surface area contributed by atoms with Gasteiger partial charge in [-0.25, -0.2) is 0 Å². The van der Waals surface area contributed by atoms with Crippen molar-refractivity contribution in [1.29, 1.82) is 0 Å². The molecular formula is C14H18BrN3. The molecule has 0 bridgehead atoms. The first-order valence-corrected chi connectivity index (χ1v) is 6.77. The number of halogens is 1. The zero-order valence-corrected chi connectivity index (χ0v) is 12.5. The molecule has 1 heterocycles. The van der Waals surface area contributed by atoms with Crippen LogP contribution < -0.4 is 5.73 Å². The SMILES string of the molecule is Cc1cc(Br)cc(C(N)Cc2cc(C)nn2C)c1. The van der Waals surface area contributed by atoms with Crippen LogP contribution >= 0.6 is 15.9 Å². The smallest absolute Gasteiger partial charge is 0.0596 e. The van der Waals surface area contributed by atoms with Crippen molar-refractivity contribution in [3.8, 4) is 0 Å². The largest absolute Gasteiger partial charge is 0.324 e. The van der Waals surface area contributed by atoms with E-state index in [1.165, 1.54) is 5.56 Å². The van der Waals surface area contributed by atoms with Gasteiger partial charge in [-0.2, -0.15) is 5.10 Å². The average Bonchev–Trinajstić information content (AvgIpc) is 2.56. The van der Waals surface area contributed by atoms with Crippen molar-refractivity contribution in [3.05, 3.63) is 51.3 Å². The van der Waals surface area contributed by atoms with Crippen LogP contribution in [0.2, 0.25) is 0 Å². The van der Waals surface area contributed by atoms with Crippen LogP contribution in [-0.4, -0.2) is 9.78 Å². The van der Waals surface area contributed by atoms with Crippen LogP contribution in [0.25, 0.3) is 0 Å². The second kappa shape index (κ2) is 5.24. The average molecular weight is 308 g/mol. The molecule has 2 rings (SSSR count). The Morgan fingerprint density at radius 3 is 2.56 bits per heavy atom. The third kappa shape index (κ3) is 3.00. The normalized spacial score (nSPS) is 12.7. The van der Waals surface area contributed by atoms with Gasteiger partial charge in [0.05, 0.1) is 5.69 Å². The van der Waals surface area contributed by atoms with Gasteiger partial charge in [-0.05, 0) is 43.2 Å². The lowest BCUT2D eigenvalue weighted by Crippen LogP contribution is -2.15. The fourth-order valence-electron chi connectivity index (χ4n) is 2.18. The first-order valence-electron chi connectivity index (χ1n) is 5.98. The molecule has 1 atom stereocenters. The number of nitrogens with zero attached hydrogens (tertiary/aromatic N) is 2. The number of aryl methyl sites for hydroxylation is 3. The van der Waals surface area contributed by atoms with E-state index in [1.54, 1.807) is 0 Å². The van der Waals surface area contributed by atoms with Crippen LogP contribution in [0.1, 0.15) is 28.6 Å². The van der Waals surface area contributed by atoms with Crippen molar-refractivity contribution < 1.29 is 0 Å². The summed E-state index contributed by atoms with van der Waals surface area (Å²) in [5.74, 6) is 0. The molecule has 0 spiro atoms. The van der Waals surface area contributed by atoms with E-state index in [9.17, 15) is 0 Å². The van der Waals surface area contributed by atoms with Gasteiger partial charge in [-0.3, -0.25) is 4.68 Å². The van der Waals surface area contributed by atoms with Gasteiger partial charge in [-0.1, -0.05) is 22.0 Å². The fraction of sp³-hybridized carbons (Fsp3) is 0.357. The maximum absolute atomic E-state index is 6.28. The van der Waals surface area contributed by atoms with E-state index in [1.807, 2.05) is 18.7 Å². The molecule has 0 fully saturated rings. The van der Waals surface area contributed by atoms with E-state index in [-0.39, 0.29) is 6.04 Å². The highest BCUT2D eigenvalue weighted by Gasteiger charge is 2.11. The Morgan fingerprint density at radius 2 is 2.00 bits per heavy atom. The summed E-state index contributed by atoms with van der Waals surface area (Å²) >= 11 is 3.51. The van der Waals surface area contributed by atoms with Crippen molar-refractivity contribution in [1.82, 2.24) is 9.78 Å². The Kier molecular flexibility index (Phi) is 3.88. The second-order valence-electron chi connectivity index (χ2n) is 4.77. The second-order valence-corrected chi connectivity index (χ2v) is 5.69. The van der Waals surface area contributed by atoms with Gasteiger partial charge in [0.15, 0.2) is 0 Å². The maximum atomic E-state index is 6.28. The predicted molar refractivity (Wildman–Crippen MR) is 77.5 cm³/mol. The molecule has 96 valence electrons. The van der Waals surface area contributed by atoms with Crippen LogP contribution in [0.3, 0.4) is 0 Å². The van der Waals surface area contributed by atoms with Gasteiger partial charge in [0.1, 0.15) is 0 Å². The summed E-state index contributed by atoms with van der Waals surface area (Å²) in [6.45, 7) is 4.08. The highest BCUT2D eigenvalue weighted by atomic mass is 79.9. The lowest BCUT2D eigenvalue weighted by atomic mass is 10.0. The Bertz CT molecular complexity index is 540. The van der Waals surface area contributed by atoms with E-state index in [0.717, 1.165) is 27.8 Å². The minimum absolute atomic E-state index is 0.00370. The van der Waals surface area contributed by atoms with E-state index in [4.69, 9.17) is 5.73 Å². The first-order chi connectivity index (χ1) is 8.45. The van der Waals surface area contributed by atoms with E-state index >= 15 is 0 Å². The Balaban J connectivity index is 2.21. The molecule has 1 aromatic heterocycles. The summed E-state index contributed by atoms with van der Waals surface area (Å²) in [7, 11) is 1.96. The van der Waals surface area contributed by atoms with Crippen LogP contribution in [0, 0.1) is 13.8 Å². The number of hydrogen-bond donors (Lipinski definition) is 1. The molecule has 0 radical (unpaired) electrons. The highest BCUT2D eigenvalue weighted by molar-refractivity contribution is 9.10. The minimum Gasteiger partial charge on any atom is -0.324 e. The maximum Gasteiger partial charge on any atom is 0.0596 e. The molecule has 18 heavy (non-hydrogen) atoms. The van der Waals surface area contributed by atoms with E-state index < -0.39 is 0 Å². The Morgan fingerprint density at radius 1 is 1.28 bits per heavy atom. The van der Waals surface area contributed by atoms with Crippen molar-refractivity contribution in [3.63, 3.8) is 0 Å². The highest BCUT2D eigenvalue weighted by Crippen LogP contribution is 2.22. The van der Waals surface area contributed by atoms with Crippen molar-refractivity contribution in [2.24, 2.45) is 12.8 Å². The molecule has 1 unspecified atom stereocenters. The zero-order chi connectivity index (χ0) is 13.3. The Hall–Kier alpha value is -1.13. The lowest BCUT2D eigenvalue weighted by molar-refractivity contribution is 0.639. The van der Waals surface area contributed by atoms with Crippen molar-refractivity contribution >= 4 is 15.9 Å². The number of benzene rings is 1. The predicted octanol–water partition coefficient (Wildman–Crippen LogP) is 3.04. The van der Waals surface area contributed by atoms with Crippen LogP contribution in [0.5, 0.6) is 0 Å². The summed E-state index contributed by atoms with van der Waals surface area (Å²) in [6, 6.07) is 8.39. The van der Waals surface area contributed by atoms with Gasteiger partial charge in [-0.15, -0.1) is 0 Å². The topological polar surface area (TPSA) is 43.8 Å². The van der Waals surface area contributed by atoms with Crippen molar-refractivity contribution in [2.75, 3.05) is 0 Å².